The van der Waals surface area contributed by atoms with E-state index < -0.39 is 5.97 Å². The number of nitrogen functional groups attached to an aromatic ring is 1. The van der Waals surface area contributed by atoms with Gasteiger partial charge in [-0.05, 0) is 5.92 Å². The highest BCUT2D eigenvalue weighted by Crippen LogP contribution is 2.36. The number of carboxylic acid groups (broad SMARTS) is 1. The van der Waals surface area contributed by atoms with Crippen molar-refractivity contribution in [3.05, 3.63) is 15.7 Å². The van der Waals surface area contributed by atoms with Crippen molar-refractivity contribution < 1.29 is 14.6 Å². The Morgan fingerprint density at radius 1 is 1.47 bits per heavy atom. The predicted molar refractivity (Wildman–Crippen MR) is 66.0 cm³/mol. The zero-order chi connectivity index (χ0) is 13.2. The number of carbonyl (C=O) groups is 1. The average molecular weight is 279 g/mol. The number of anilines is 1. The van der Waals surface area contributed by atoms with E-state index in [9.17, 15) is 4.79 Å². The van der Waals surface area contributed by atoms with Crippen LogP contribution in [-0.4, -0.2) is 22.7 Å². The number of pyridine rings is 1. The fourth-order valence-electron chi connectivity index (χ4n) is 1.02. The van der Waals surface area contributed by atoms with E-state index in [1.165, 1.54) is 0 Å². The fraction of sp³-hybridized carbons (Fsp3) is 0.400. The van der Waals surface area contributed by atoms with Gasteiger partial charge in [-0.1, -0.05) is 37.0 Å². The maximum absolute atomic E-state index is 10.9. The second-order valence-electron chi connectivity index (χ2n) is 3.82. The van der Waals surface area contributed by atoms with E-state index in [4.69, 9.17) is 38.8 Å². The Kier molecular flexibility index (Phi) is 4.42. The highest BCUT2D eigenvalue weighted by atomic mass is 35.5. The van der Waals surface area contributed by atoms with Gasteiger partial charge in [-0.2, -0.15) is 0 Å². The summed E-state index contributed by atoms with van der Waals surface area (Å²) < 4.78 is 5.28. The number of halogens is 2. The standard InChI is InChI=1S/C10H12Cl2N2O3/c1-4(2)3-17-9-6(12)7(13)5(11)8(14-9)10(15)16/h4H,3H2,1-2H3,(H2,13,14)(H,15,16). The molecule has 17 heavy (non-hydrogen) atoms. The van der Waals surface area contributed by atoms with E-state index in [1.54, 1.807) is 0 Å². The van der Waals surface area contributed by atoms with Gasteiger partial charge in [-0.25, -0.2) is 9.78 Å². The molecule has 0 aliphatic heterocycles. The molecule has 0 amide bonds. The maximum Gasteiger partial charge on any atom is 0.356 e. The summed E-state index contributed by atoms with van der Waals surface area (Å²) in [5.41, 5.74) is 5.17. The minimum absolute atomic E-state index is 0.0142. The summed E-state index contributed by atoms with van der Waals surface area (Å²) in [6.45, 7) is 4.23. The topological polar surface area (TPSA) is 85.4 Å². The molecule has 1 aromatic heterocycles. The number of carboxylic acids is 1. The van der Waals surface area contributed by atoms with Crippen LogP contribution in [0.5, 0.6) is 5.88 Å². The van der Waals surface area contributed by atoms with Gasteiger partial charge in [-0.3, -0.25) is 0 Å². The van der Waals surface area contributed by atoms with Crippen molar-refractivity contribution in [2.45, 2.75) is 13.8 Å². The second kappa shape index (κ2) is 5.42. The molecule has 0 unspecified atom stereocenters. The molecule has 0 bridgehead atoms. The van der Waals surface area contributed by atoms with Crippen LogP contribution in [0.25, 0.3) is 0 Å². The van der Waals surface area contributed by atoms with Gasteiger partial charge in [-0.15, -0.1) is 0 Å². The van der Waals surface area contributed by atoms with Crippen molar-refractivity contribution in [3.63, 3.8) is 0 Å². The zero-order valence-electron chi connectivity index (χ0n) is 9.33. The highest BCUT2D eigenvalue weighted by molar-refractivity contribution is 6.41. The second-order valence-corrected chi connectivity index (χ2v) is 4.57. The monoisotopic (exact) mass is 278 g/mol. The number of aromatic nitrogens is 1. The van der Waals surface area contributed by atoms with Crippen LogP contribution in [0.15, 0.2) is 0 Å². The zero-order valence-corrected chi connectivity index (χ0v) is 10.8. The Balaban J connectivity index is 3.17. The molecule has 0 spiro atoms. The molecule has 0 atom stereocenters. The van der Waals surface area contributed by atoms with Gasteiger partial charge in [0.1, 0.15) is 5.02 Å². The number of hydrogen-bond acceptors (Lipinski definition) is 4. The molecule has 0 aliphatic carbocycles. The molecule has 5 nitrogen and oxygen atoms in total. The third-order valence-electron chi connectivity index (χ3n) is 1.84. The lowest BCUT2D eigenvalue weighted by atomic mass is 10.2. The van der Waals surface area contributed by atoms with Crippen molar-refractivity contribution in [1.29, 1.82) is 0 Å². The first-order valence-corrected chi connectivity index (χ1v) is 5.60. The third-order valence-corrected chi connectivity index (χ3v) is 2.59. The summed E-state index contributed by atoms with van der Waals surface area (Å²) in [7, 11) is 0. The first-order valence-electron chi connectivity index (χ1n) is 4.85. The number of ether oxygens (including phenoxy) is 1. The average Bonchev–Trinajstić information content (AvgIpc) is 2.24. The molecular weight excluding hydrogens is 267 g/mol. The minimum atomic E-state index is -1.28. The van der Waals surface area contributed by atoms with Crippen LogP contribution in [0, 0.1) is 5.92 Å². The van der Waals surface area contributed by atoms with Crippen molar-refractivity contribution >= 4 is 34.9 Å². The summed E-state index contributed by atoms with van der Waals surface area (Å²) >= 11 is 11.6. The van der Waals surface area contributed by atoms with Gasteiger partial charge in [0.2, 0.25) is 5.88 Å². The first kappa shape index (κ1) is 13.9. The fourth-order valence-corrected chi connectivity index (χ4v) is 1.48. The number of nitrogens with zero attached hydrogens (tertiary/aromatic N) is 1. The van der Waals surface area contributed by atoms with Gasteiger partial charge < -0.3 is 15.6 Å². The lowest BCUT2D eigenvalue weighted by Gasteiger charge is -2.12. The molecule has 1 rings (SSSR count). The summed E-state index contributed by atoms with van der Waals surface area (Å²) in [4.78, 5) is 14.6. The normalized spacial score (nSPS) is 10.6. The Morgan fingerprint density at radius 3 is 2.53 bits per heavy atom. The number of rotatable bonds is 4. The third kappa shape index (κ3) is 3.14. The minimum Gasteiger partial charge on any atom is -0.476 e. The Bertz CT molecular complexity index is 450. The molecule has 0 radical (unpaired) electrons. The molecule has 1 heterocycles. The molecule has 0 aliphatic rings. The first-order chi connectivity index (χ1) is 7.84. The number of aromatic carboxylic acids is 1. The van der Waals surface area contributed by atoms with E-state index in [0.717, 1.165) is 0 Å². The van der Waals surface area contributed by atoms with Gasteiger partial charge in [0.15, 0.2) is 5.69 Å². The SMILES string of the molecule is CC(C)COc1nc(C(=O)O)c(Cl)c(N)c1Cl. The molecule has 0 fully saturated rings. The van der Waals surface area contributed by atoms with Crippen LogP contribution in [0.1, 0.15) is 24.3 Å². The lowest BCUT2D eigenvalue weighted by Crippen LogP contribution is -2.10. The lowest BCUT2D eigenvalue weighted by molar-refractivity contribution is 0.0689. The summed E-state index contributed by atoms with van der Waals surface area (Å²) in [6.07, 6.45) is 0. The Morgan fingerprint density at radius 2 is 2.06 bits per heavy atom. The molecule has 0 saturated heterocycles. The van der Waals surface area contributed by atoms with Crippen molar-refractivity contribution in [2.24, 2.45) is 5.92 Å². The van der Waals surface area contributed by atoms with Gasteiger partial charge in [0.05, 0.1) is 17.3 Å². The van der Waals surface area contributed by atoms with Crippen LogP contribution in [0.2, 0.25) is 10.0 Å². The maximum atomic E-state index is 10.9. The molecular formula is C10H12Cl2N2O3. The highest BCUT2D eigenvalue weighted by Gasteiger charge is 2.20. The van der Waals surface area contributed by atoms with E-state index >= 15 is 0 Å². The van der Waals surface area contributed by atoms with E-state index in [2.05, 4.69) is 4.98 Å². The van der Waals surface area contributed by atoms with Crippen LogP contribution in [0.4, 0.5) is 5.69 Å². The van der Waals surface area contributed by atoms with Crippen LogP contribution >= 0.6 is 23.2 Å². The quantitative estimate of drug-likeness (QED) is 0.885. The molecule has 7 heteroatoms. The van der Waals surface area contributed by atoms with E-state index in [-0.39, 0.29) is 33.2 Å². The smallest absolute Gasteiger partial charge is 0.356 e. The molecule has 94 valence electrons. The van der Waals surface area contributed by atoms with E-state index in [0.29, 0.717) is 6.61 Å². The number of hydrogen-bond donors (Lipinski definition) is 2. The Hall–Kier alpha value is -1.20. The van der Waals surface area contributed by atoms with Crippen LogP contribution in [-0.2, 0) is 0 Å². The Labute approximate surface area is 108 Å². The van der Waals surface area contributed by atoms with E-state index in [1.807, 2.05) is 13.8 Å². The molecule has 3 N–H and O–H groups in total. The van der Waals surface area contributed by atoms with Crippen LogP contribution in [0.3, 0.4) is 0 Å². The van der Waals surface area contributed by atoms with Gasteiger partial charge in [0, 0.05) is 0 Å². The summed E-state index contributed by atoms with van der Waals surface area (Å²) in [6, 6.07) is 0. The summed E-state index contributed by atoms with van der Waals surface area (Å²) in [5, 5.41) is 8.73. The van der Waals surface area contributed by atoms with Crippen molar-refractivity contribution in [1.82, 2.24) is 4.98 Å². The van der Waals surface area contributed by atoms with Crippen LogP contribution < -0.4 is 10.5 Å². The van der Waals surface area contributed by atoms with Gasteiger partial charge in [0.25, 0.3) is 0 Å². The molecule has 0 saturated carbocycles. The van der Waals surface area contributed by atoms with Crippen molar-refractivity contribution in [3.8, 4) is 5.88 Å². The number of nitrogens with two attached hydrogens (primary N) is 1. The van der Waals surface area contributed by atoms with Gasteiger partial charge >= 0.3 is 5.97 Å². The van der Waals surface area contributed by atoms with Crippen molar-refractivity contribution in [2.75, 3.05) is 12.3 Å². The predicted octanol–water partition coefficient (Wildman–Crippen LogP) is 2.70. The molecule has 0 aromatic carbocycles. The summed E-state index contributed by atoms with van der Waals surface area (Å²) in [5.74, 6) is -1.05. The largest absolute Gasteiger partial charge is 0.476 e. The molecule has 1 aromatic rings.